The molecule has 0 amide bonds. The fourth-order valence-electron chi connectivity index (χ4n) is 1.72. The van der Waals surface area contributed by atoms with Crippen LogP contribution in [0.4, 0.5) is 0 Å². The van der Waals surface area contributed by atoms with Gasteiger partial charge in [0.2, 0.25) is 0 Å². The highest BCUT2D eigenvalue weighted by atomic mass is 35.5. The van der Waals surface area contributed by atoms with Crippen LogP contribution < -0.4 is 4.74 Å². The molecule has 0 spiro atoms. The predicted molar refractivity (Wildman–Crippen MR) is 75.7 cm³/mol. The summed E-state index contributed by atoms with van der Waals surface area (Å²) in [4.78, 5) is 4.33. The van der Waals surface area contributed by atoms with Gasteiger partial charge in [0.15, 0.2) is 0 Å². The van der Waals surface area contributed by atoms with E-state index in [2.05, 4.69) is 4.98 Å². The van der Waals surface area contributed by atoms with E-state index in [-0.39, 0.29) is 13.2 Å². The van der Waals surface area contributed by atoms with Gasteiger partial charge < -0.3 is 9.84 Å². The van der Waals surface area contributed by atoms with Gasteiger partial charge in [-0.1, -0.05) is 29.3 Å². The summed E-state index contributed by atoms with van der Waals surface area (Å²) in [7, 11) is 0. The monoisotopic (exact) mass is 297 g/mol. The second kappa shape index (κ2) is 6.24. The molecule has 2 aromatic rings. The maximum Gasteiger partial charge on any atom is 0.144 e. The molecule has 0 atom stereocenters. The molecule has 0 aliphatic carbocycles. The number of rotatable bonds is 4. The van der Waals surface area contributed by atoms with Gasteiger partial charge in [0, 0.05) is 16.3 Å². The van der Waals surface area contributed by atoms with E-state index in [1.807, 2.05) is 25.1 Å². The van der Waals surface area contributed by atoms with Crippen molar-refractivity contribution in [3.8, 4) is 5.75 Å². The van der Waals surface area contributed by atoms with E-state index in [1.54, 1.807) is 12.1 Å². The Morgan fingerprint density at radius 3 is 2.74 bits per heavy atom. The lowest BCUT2D eigenvalue weighted by atomic mass is 10.2. The van der Waals surface area contributed by atoms with Crippen LogP contribution in [0.2, 0.25) is 10.0 Å². The third-order valence-electron chi connectivity index (χ3n) is 2.57. The molecule has 0 aliphatic rings. The van der Waals surface area contributed by atoms with Crippen LogP contribution in [0.25, 0.3) is 0 Å². The van der Waals surface area contributed by atoms with Gasteiger partial charge in [-0.2, -0.15) is 0 Å². The largest absolute Gasteiger partial charge is 0.485 e. The Morgan fingerprint density at radius 1 is 1.26 bits per heavy atom. The van der Waals surface area contributed by atoms with E-state index in [9.17, 15) is 5.11 Å². The SMILES string of the molecule is Cc1cccc(COc2c(Cl)cc(Cl)cc2CO)n1. The van der Waals surface area contributed by atoms with Gasteiger partial charge in [-0.25, -0.2) is 0 Å². The zero-order chi connectivity index (χ0) is 13.8. The molecule has 1 aromatic carbocycles. The summed E-state index contributed by atoms with van der Waals surface area (Å²) in [6.45, 7) is 2.02. The van der Waals surface area contributed by atoms with Crippen LogP contribution in [-0.4, -0.2) is 10.1 Å². The highest BCUT2D eigenvalue weighted by molar-refractivity contribution is 6.35. The molecular weight excluding hydrogens is 285 g/mol. The van der Waals surface area contributed by atoms with Crippen LogP contribution in [-0.2, 0) is 13.2 Å². The van der Waals surface area contributed by atoms with Crippen LogP contribution in [0.1, 0.15) is 17.0 Å². The van der Waals surface area contributed by atoms with Crippen LogP contribution in [0.5, 0.6) is 5.75 Å². The van der Waals surface area contributed by atoms with Crippen molar-refractivity contribution in [3.63, 3.8) is 0 Å². The highest BCUT2D eigenvalue weighted by Crippen LogP contribution is 2.32. The minimum Gasteiger partial charge on any atom is -0.485 e. The first-order chi connectivity index (χ1) is 9.10. The van der Waals surface area contributed by atoms with Gasteiger partial charge in [0.25, 0.3) is 0 Å². The maximum absolute atomic E-state index is 9.30. The number of halogens is 2. The lowest BCUT2D eigenvalue weighted by molar-refractivity contribution is 0.257. The average Bonchev–Trinajstić information content (AvgIpc) is 2.37. The van der Waals surface area contributed by atoms with E-state index in [0.717, 1.165) is 11.4 Å². The van der Waals surface area contributed by atoms with Crippen molar-refractivity contribution < 1.29 is 9.84 Å². The average molecular weight is 298 g/mol. The molecule has 3 nitrogen and oxygen atoms in total. The Labute approximate surface area is 121 Å². The zero-order valence-corrected chi connectivity index (χ0v) is 11.9. The van der Waals surface area contributed by atoms with Crippen LogP contribution in [0.15, 0.2) is 30.3 Å². The molecule has 2 rings (SSSR count). The smallest absolute Gasteiger partial charge is 0.144 e. The van der Waals surface area contributed by atoms with Gasteiger partial charge >= 0.3 is 0 Å². The van der Waals surface area contributed by atoms with Crippen molar-refractivity contribution in [2.75, 3.05) is 0 Å². The highest BCUT2D eigenvalue weighted by Gasteiger charge is 2.10. The molecule has 0 saturated heterocycles. The number of benzene rings is 1. The second-order valence-corrected chi connectivity index (χ2v) is 4.94. The van der Waals surface area contributed by atoms with E-state index >= 15 is 0 Å². The number of aliphatic hydroxyl groups excluding tert-OH is 1. The van der Waals surface area contributed by atoms with Crippen molar-refractivity contribution >= 4 is 23.2 Å². The van der Waals surface area contributed by atoms with Gasteiger partial charge in [-0.3, -0.25) is 4.98 Å². The molecule has 0 saturated carbocycles. The van der Waals surface area contributed by atoms with Gasteiger partial charge in [-0.15, -0.1) is 0 Å². The standard InChI is InChI=1S/C14H13Cl2NO2/c1-9-3-2-4-12(17-9)8-19-14-10(7-18)5-11(15)6-13(14)16/h2-6,18H,7-8H2,1H3. The fourth-order valence-corrected chi connectivity index (χ4v) is 2.31. The Hall–Kier alpha value is -1.29. The minimum atomic E-state index is -0.184. The molecule has 1 heterocycles. The third kappa shape index (κ3) is 3.60. The number of hydrogen-bond donors (Lipinski definition) is 1. The predicted octanol–water partition coefficient (Wildman–Crippen LogP) is 3.77. The molecule has 0 fully saturated rings. The number of hydrogen-bond acceptors (Lipinski definition) is 3. The van der Waals surface area contributed by atoms with Crippen LogP contribution in [0, 0.1) is 6.92 Å². The Morgan fingerprint density at radius 2 is 2.05 bits per heavy atom. The van der Waals surface area contributed by atoms with Gasteiger partial charge in [-0.05, 0) is 31.2 Å². The minimum absolute atomic E-state index is 0.184. The molecule has 0 bridgehead atoms. The Kier molecular flexibility index (Phi) is 4.64. The van der Waals surface area contributed by atoms with E-state index in [1.165, 1.54) is 0 Å². The molecule has 0 radical (unpaired) electrons. The summed E-state index contributed by atoms with van der Waals surface area (Å²) in [6, 6.07) is 8.92. The number of aryl methyl sites for hydroxylation is 1. The third-order valence-corrected chi connectivity index (χ3v) is 3.06. The quantitative estimate of drug-likeness (QED) is 0.934. The van der Waals surface area contributed by atoms with Crippen LogP contribution >= 0.6 is 23.2 Å². The van der Waals surface area contributed by atoms with Gasteiger partial charge in [0.05, 0.1) is 17.3 Å². The topological polar surface area (TPSA) is 42.4 Å². The van der Waals surface area contributed by atoms with Crippen LogP contribution in [0.3, 0.4) is 0 Å². The van der Waals surface area contributed by atoms with Crippen molar-refractivity contribution in [2.24, 2.45) is 0 Å². The Balaban J connectivity index is 2.19. The fraction of sp³-hybridized carbons (Fsp3) is 0.214. The molecular formula is C14H13Cl2NO2. The number of pyridine rings is 1. The second-order valence-electron chi connectivity index (χ2n) is 4.09. The van der Waals surface area contributed by atoms with Crippen molar-refractivity contribution in [3.05, 3.63) is 57.3 Å². The molecule has 0 aliphatic heterocycles. The molecule has 5 heteroatoms. The number of aromatic nitrogens is 1. The maximum atomic E-state index is 9.30. The first-order valence-corrected chi connectivity index (χ1v) is 6.50. The first kappa shape index (κ1) is 14.1. The lowest BCUT2D eigenvalue weighted by Gasteiger charge is -2.12. The summed E-state index contributed by atoms with van der Waals surface area (Å²) in [6.07, 6.45) is 0. The molecule has 100 valence electrons. The summed E-state index contributed by atoms with van der Waals surface area (Å²) >= 11 is 11.9. The van der Waals surface area contributed by atoms with E-state index in [4.69, 9.17) is 27.9 Å². The normalized spacial score (nSPS) is 10.5. The number of nitrogens with zero attached hydrogens (tertiary/aromatic N) is 1. The summed E-state index contributed by atoms with van der Waals surface area (Å²) < 4.78 is 5.64. The summed E-state index contributed by atoms with van der Waals surface area (Å²) in [5.41, 5.74) is 2.28. The number of ether oxygens (including phenoxy) is 1. The molecule has 1 aromatic heterocycles. The van der Waals surface area contributed by atoms with Crippen molar-refractivity contribution in [1.29, 1.82) is 0 Å². The molecule has 0 unspecified atom stereocenters. The van der Waals surface area contributed by atoms with E-state index in [0.29, 0.717) is 21.4 Å². The summed E-state index contributed by atoms with van der Waals surface area (Å²) in [5.74, 6) is 0.442. The first-order valence-electron chi connectivity index (χ1n) is 5.74. The zero-order valence-electron chi connectivity index (χ0n) is 10.4. The molecule has 1 N–H and O–H groups in total. The van der Waals surface area contributed by atoms with Crippen molar-refractivity contribution in [1.82, 2.24) is 4.98 Å². The summed E-state index contributed by atoms with van der Waals surface area (Å²) in [5, 5.41) is 10.1. The van der Waals surface area contributed by atoms with Crippen molar-refractivity contribution in [2.45, 2.75) is 20.1 Å². The Bertz CT molecular complexity index is 588. The lowest BCUT2D eigenvalue weighted by Crippen LogP contribution is -2.02. The molecule has 19 heavy (non-hydrogen) atoms. The van der Waals surface area contributed by atoms with Gasteiger partial charge in [0.1, 0.15) is 12.4 Å². The number of aliphatic hydroxyl groups is 1. The van der Waals surface area contributed by atoms with E-state index < -0.39 is 0 Å².